The maximum absolute atomic E-state index is 11.6. The van der Waals surface area contributed by atoms with Crippen LogP contribution in [-0.2, 0) is 4.79 Å². The van der Waals surface area contributed by atoms with E-state index < -0.39 is 0 Å². The number of carbonyl (C=O) groups excluding carboxylic acids is 2. The lowest BCUT2D eigenvalue weighted by Gasteiger charge is -2.31. The lowest BCUT2D eigenvalue weighted by molar-refractivity contribution is -0.115. The summed E-state index contributed by atoms with van der Waals surface area (Å²) in [6, 6.07) is 1.72. The van der Waals surface area contributed by atoms with Crippen molar-refractivity contribution in [1.82, 2.24) is 15.3 Å². The van der Waals surface area contributed by atoms with E-state index in [0.717, 1.165) is 44.2 Å². The van der Waals surface area contributed by atoms with Crippen LogP contribution in [0.15, 0.2) is 17.2 Å². The van der Waals surface area contributed by atoms with Crippen LogP contribution in [0.25, 0.3) is 6.08 Å². The van der Waals surface area contributed by atoms with Gasteiger partial charge in [-0.3, -0.25) is 14.9 Å². The molecule has 0 aliphatic carbocycles. The van der Waals surface area contributed by atoms with Gasteiger partial charge in [-0.2, -0.15) is 0 Å². The summed E-state index contributed by atoms with van der Waals surface area (Å²) in [6.45, 7) is 2.49. The molecule has 116 valence electrons. The van der Waals surface area contributed by atoms with Crippen LogP contribution < -0.4 is 16.0 Å². The first-order chi connectivity index (χ1) is 10.7. The number of piperidine rings is 1. The number of hydrogen-bond donors (Lipinski definition) is 2. The van der Waals surface area contributed by atoms with Crippen molar-refractivity contribution >= 4 is 34.9 Å². The summed E-state index contributed by atoms with van der Waals surface area (Å²) in [6.07, 6.45) is 5.36. The Balaban J connectivity index is 1.75. The zero-order valence-corrected chi connectivity index (χ0v) is 12.8. The smallest absolute Gasteiger partial charge is 0.290 e. The van der Waals surface area contributed by atoms with Crippen LogP contribution in [0.2, 0.25) is 0 Å². The Hall–Kier alpha value is -1.93. The Labute approximate surface area is 132 Å². The molecule has 8 heteroatoms. The van der Waals surface area contributed by atoms with Gasteiger partial charge in [-0.25, -0.2) is 9.97 Å². The van der Waals surface area contributed by atoms with E-state index in [1.54, 1.807) is 18.3 Å². The van der Waals surface area contributed by atoms with E-state index in [0.29, 0.717) is 22.5 Å². The molecule has 0 bridgehead atoms. The number of amides is 2. The fourth-order valence-electron chi connectivity index (χ4n) is 2.52. The predicted octanol–water partition coefficient (Wildman–Crippen LogP) is 0.976. The predicted molar refractivity (Wildman–Crippen MR) is 85.1 cm³/mol. The number of carbonyl (C=O) groups is 2. The average molecular weight is 319 g/mol. The van der Waals surface area contributed by atoms with Crippen molar-refractivity contribution in [1.29, 1.82) is 0 Å². The van der Waals surface area contributed by atoms with E-state index in [4.69, 9.17) is 5.73 Å². The van der Waals surface area contributed by atoms with E-state index in [1.807, 2.05) is 0 Å². The van der Waals surface area contributed by atoms with E-state index in [9.17, 15) is 9.59 Å². The Morgan fingerprint density at radius 2 is 2.18 bits per heavy atom. The maximum Gasteiger partial charge on any atom is 0.290 e. The minimum atomic E-state index is -0.376. The largest absolute Gasteiger partial charge is 0.341 e. The molecular formula is C14H17N5O2S. The fourth-order valence-corrected chi connectivity index (χ4v) is 3.19. The molecule has 2 aliphatic rings. The molecule has 0 spiro atoms. The average Bonchev–Trinajstić information content (AvgIpc) is 2.85. The van der Waals surface area contributed by atoms with Gasteiger partial charge in [0, 0.05) is 19.3 Å². The van der Waals surface area contributed by atoms with Crippen molar-refractivity contribution in [3.05, 3.63) is 22.9 Å². The topological polar surface area (TPSA) is 101 Å². The number of aromatic nitrogens is 2. The molecule has 0 radical (unpaired) electrons. The second kappa shape index (κ2) is 6.45. The van der Waals surface area contributed by atoms with Crippen LogP contribution in [-0.4, -0.2) is 40.7 Å². The summed E-state index contributed by atoms with van der Waals surface area (Å²) >= 11 is 0.887. The quantitative estimate of drug-likeness (QED) is 0.801. The summed E-state index contributed by atoms with van der Waals surface area (Å²) in [4.78, 5) is 34.0. The lowest BCUT2D eigenvalue weighted by atomic mass is 9.97. The Kier molecular flexibility index (Phi) is 4.39. The van der Waals surface area contributed by atoms with E-state index >= 15 is 0 Å². The zero-order chi connectivity index (χ0) is 15.5. The number of thioether (sulfide) groups is 1. The Morgan fingerprint density at radius 1 is 1.41 bits per heavy atom. The fraction of sp³-hybridized carbons (Fsp3) is 0.429. The molecule has 2 saturated heterocycles. The van der Waals surface area contributed by atoms with Crippen LogP contribution in [0.1, 0.15) is 18.5 Å². The SMILES string of the molecule is NCC1CCN(c2nccc(/C=C3/SC(=O)NC3=O)n2)CC1. The molecule has 3 heterocycles. The van der Waals surface area contributed by atoms with Crippen LogP contribution >= 0.6 is 11.8 Å². The molecule has 0 aromatic carbocycles. The minimum absolute atomic E-state index is 0.352. The molecule has 0 unspecified atom stereocenters. The van der Waals surface area contributed by atoms with Gasteiger partial charge in [-0.15, -0.1) is 0 Å². The highest BCUT2D eigenvalue weighted by molar-refractivity contribution is 8.18. The van der Waals surface area contributed by atoms with E-state index in [-0.39, 0.29) is 11.1 Å². The van der Waals surface area contributed by atoms with Crippen molar-refractivity contribution in [3.8, 4) is 0 Å². The molecule has 0 atom stereocenters. The first-order valence-electron chi connectivity index (χ1n) is 7.18. The third kappa shape index (κ3) is 3.28. The van der Waals surface area contributed by atoms with Crippen molar-refractivity contribution in [3.63, 3.8) is 0 Å². The zero-order valence-electron chi connectivity index (χ0n) is 12.0. The number of nitrogens with two attached hydrogens (primary N) is 1. The van der Waals surface area contributed by atoms with Gasteiger partial charge in [0.15, 0.2) is 0 Å². The van der Waals surface area contributed by atoms with Gasteiger partial charge in [-0.05, 0) is 49.2 Å². The van der Waals surface area contributed by atoms with Gasteiger partial charge >= 0.3 is 0 Å². The molecule has 1 aromatic rings. The Bertz CT molecular complexity index is 625. The van der Waals surface area contributed by atoms with Gasteiger partial charge < -0.3 is 10.6 Å². The summed E-state index contributed by atoms with van der Waals surface area (Å²) in [5.41, 5.74) is 6.33. The van der Waals surface area contributed by atoms with Crippen molar-refractivity contribution in [2.75, 3.05) is 24.5 Å². The number of rotatable bonds is 3. The second-order valence-electron chi connectivity index (χ2n) is 5.30. The minimum Gasteiger partial charge on any atom is -0.341 e. The van der Waals surface area contributed by atoms with Gasteiger partial charge in [0.2, 0.25) is 5.95 Å². The van der Waals surface area contributed by atoms with Crippen molar-refractivity contribution in [2.45, 2.75) is 12.8 Å². The number of anilines is 1. The standard InChI is InChI=1S/C14H17N5O2S/c15-8-9-2-5-19(6-3-9)13-16-4-1-10(17-13)7-11-12(20)18-14(21)22-11/h1,4,7,9H,2-3,5-6,8,15H2,(H,18,20,21)/b11-7+. The summed E-state index contributed by atoms with van der Waals surface area (Å²) < 4.78 is 0. The molecule has 1 aromatic heterocycles. The van der Waals surface area contributed by atoms with Gasteiger partial charge in [-0.1, -0.05) is 0 Å². The van der Waals surface area contributed by atoms with Crippen molar-refractivity contribution in [2.24, 2.45) is 11.7 Å². The third-order valence-electron chi connectivity index (χ3n) is 3.82. The molecule has 3 N–H and O–H groups in total. The number of nitrogens with zero attached hydrogens (tertiary/aromatic N) is 3. The van der Waals surface area contributed by atoms with Gasteiger partial charge in [0.1, 0.15) is 0 Å². The first kappa shape index (κ1) is 15.0. The van der Waals surface area contributed by atoms with Crippen molar-refractivity contribution < 1.29 is 9.59 Å². The van der Waals surface area contributed by atoms with E-state index in [2.05, 4.69) is 20.2 Å². The molecule has 22 heavy (non-hydrogen) atoms. The summed E-state index contributed by atoms with van der Waals surface area (Å²) in [5.74, 6) is 0.852. The monoisotopic (exact) mass is 319 g/mol. The molecule has 2 aliphatic heterocycles. The molecule has 3 rings (SSSR count). The number of hydrogen-bond acceptors (Lipinski definition) is 7. The highest BCUT2D eigenvalue weighted by Crippen LogP contribution is 2.25. The van der Waals surface area contributed by atoms with Crippen LogP contribution in [0.5, 0.6) is 0 Å². The molecular weight excluding hydrogens is 302 g/mol. The van der Waals surface area contributed by atoms with Crippen LogP contribution in [0.3, 0.4) is 0 Å². The van der Waals surface area contributed by atoms with Crippen LogP contribution in [0.4, 0.5) is 10.7 Å². The number of imide groups is 1. The normalized spacial score (nSPS) is 21.5. The molecule has 2 fully saturated rings. The summed E-state index contributed by atoms with van der Waals surface area (Å²) in [5, 5.41) is 1.88. The Morgan fingerprint density at radius 3 is 2.82 bits per heavy atom. The summed E-state index contributed by atoms with van der Waals surface area (Å²) in [7, 11) is 0. The van der Waals surface area contributed by atoms with Crippen LogP contribution in [0, 0.1) is 5.92 Å². The molecule has 2 amide bonds. The van der Waals surface area contributed by atoms with Gasteiger partial charge in [0.05, 0.1) is 10.6 Å². The maximum atomic E-state index is 11.6. The lowest BCUT2D eigenvalue weighted by Crippen LogP contribution is -2.37. The molecule has 0 saturated carbocycles. The van der Waals surface area contributed by atoms with Gasteiger partial charge in [0.25, 0.3) is 11.1 Å². The first-order valence-corrected chi connectivity index (χ1v) is 8.00. The highest BCUT2D eigenvalue weighted by atomic mass is 32.2. The molecule has 7 nitrogen and oxygen atoms in total. The second-order valence-corrected chi connectivity index (χ2v) is 6.31. The highest BCUT2D eigenvalue weighted by Gasteiger charge is 2.25. The number of nitrogens with one attached hydrogen (secondary N) is 1. The third-order valence-corrected chi connectivity index (χ3v) is 4.63. The van der Waals surface area contributed by atoms with E-state index in [1.165, 1.54) is 0 Å².